The van der Waals surface area contributed by atoms with Gasteiger partial charge in [0.25, 0.3) is 0 Å². The Labute approximate surface area is 110 Å². The van der Waals surface area contributed by atoms with Gasteiger partial charge in [-0.25, -0.2) is 4.79 Å². The molecule has 1 aliphatic heterocycles. The zero-order valence-corrected chi connectivity index (χ0v) is 11.5. The van der Waals surface area contributed by atoms with Crippen molar-refractivity contribution in [3.05, 3.63) is 28.7 Å². The third-order valence-corrected chi connectivity index (χ3v) is 3.69. The van der Waals surface area contributed by atoms with E-state index in [2.05, 4.69) is 28.2 Å². The Balaban J connectivity index is 1.98. The lowest BCUT2D eigenvalue weighted by atomic mass is 10.0. The number of hydrogen-bond donors (Lipinski definition) is 1. The first-order valence-electron chi connectivity index (χ1n) is 6.00. The van der Waals surface area contributed by atoms with Gasteiger partial charge in [0.05, 0.1) is 0 Å². The summed E-state index contributed by atoms with van der Waals surface area (Å²) in [6.45, 7) is 2.98. The van der Waals surface area contributed by atoms with Crippen molar-refractivity contribution in [3.63, 3.8) is 0 Å². The van der Waals surface area contributed by atoms with Gasteiger partial charge in [-0.3, -0.25) is 0 Å². The van der Waals surface area contributed by atoms with Gasteiger partial charge in [-0.15, -0.1) is 0 Å². The van der Waals surface area contributed by atoms with Crippen LogP contribution >= 0.6 is 15.9 Å². The van der Waals surface area contributed by atoms with Gasteiger partial charge < -0.3 is 10.2 Å². The summed E-state index contributed by atoms with van der Waals surface area (Å²) in [6, 6.07) is 8.01. The second kappa shape index (κ2) is 5.54. The van der Waals surface area contributed by atoms with E-state index in [0.29, 0.717) is 6.04 Å². The standard InChI is InChI=1S/C13H17BrN2O/c1-10-4-2-3-9-16(10)13(17)15-12-7-5-11(14)6-8-12/h5-8,10H,2-4,9H2,1H3,(H,15,17)/t10-/m1/s1. The molecule has 0 radical (unpaired) electrons. The molecule has 0 aromatic heterocycles. The normalized spacial score (nSPS) is 20.1. The molecular weight excluding hydrogens is 280 g/mol. The van der Waals surface area contributed by atoms with Crippen LogP contribution in [-0.4, -0.2) is 23.5 Å². The fourth-order valence-electron chi connectivity index (χ4n) is 2.13. The molecule has 0 aliphatic carbocycles. The van der Waals surface area contributed by atoms with Crippen LogP contribution in [-0.2, 0) is 0 Å². The number of benzene rings is 1. The van der Waals surface area contributed by atoms with Crippen molar-refractivity contribution < 1.29 is 4.79 Å². The summed E-state index contributed by atoms with van der Waals surface area (Å²) in [5.41, 5.74) is 0.843. The van der Waals surface area contributed by atoms with Crippen LogP contribution in [0.15, 0.2) is 28.7 Å². The zero-order valence-electron chi connectivity index (χ0n) is 9.95. The molecule has 1 heterocycles. The maximum Gasteiger partial charge on any atom is 0.322 e. The molecule has 1 aromatic rings. The van der Waals surface area contributed by atoms with E-state index >= 15 is 0 Å². The Morgan fingerprint density at radius 3 is 2.71 bits per heavy atom. The lowest BCUT2D eigenvalue weighted by Crippen LogP contribution is -2.44. The van der Waals surface area contributed by atoms with Crippen molar-refractivity contribution >= 4 is 27.6 Å². The van der Waals surface area contributed by atoms with Gasteiger partial charge >= 0.3 is 6.03 Å². The second-order valence-corrected chi connectivity index (χ2v) is 5.39. The SMILES string of the molecule is C[C@@H]1CCCCN1C(=O)Nc1ccc(Br)cc1. The molecule has 0 saturated carbocycles. The van der Waals surface area contributed by atoms with Gasteiger partial charge in [-0.1, -0.05) is 15.9 Å². The van der Waals surface area contributed by atoms with Gasteiger partial charge in [0.1, 0.15) is 0 Å². The van der Waals surface area contributed by atoms with Crippen LogP contribution in [0.2, 0.25) is 0 Å². The molecule has 0 bridgehead atoms. The summed E-state index contributed by atoms with van der Waals surface area (Å²) in [4.78, 5) is 14.0. The van der Waals surface area contributed by atoms with E-state index in [1.165, 1.54) is 6.42 Å². The van der Waals surface area contributed by atoms with Crippen molar-refractivity contribution in [3.8, 4) is 0 Å². The smallest absolute Gasteiger partial charge is 0.322 e. The molecule has 0 unspecified atom stereocenters. The third kappa shape index (κ3) is 3.22. The minimum atomic E-state index is 0.0134. The van der Waals surface area contributed by atoms with E-state index < -0.39 is 0 Å². The van der Waals surface area contributed by atoms with E-state index in [-0.39, 0.29) is 6.03 Å². The summed E-state index contributed by atoms with van der Waals surface area (Å²) >= 11 is 3.37. The van der Waals surface area contributed by atoms with Crippen LogP contribution in [0.5, 0.6) is 0 Å². The molecule has 1 N–H and O–H groups in total. The van der Waals surface area contributed by atoms with Crippen molar-refractivity contribution in [1.29, 1.82) is 0 Å². The first-order chi connectivity index (χ1) is 8.16. The number of amides is 2. The Hall–Kier alpha value is -1.03. The average molecular weight is 297 g/mol. The zero-order chi connectivity index (χ0) is 12.3. The van der Waals surface area contributed by atoms with Crippen molar-refractivity contribution in [1.82, 2.24) is 4.90 Å². The second-order valence-electron chi connectivity index (χ2n) is 4.48. The molecule has 2 amide bonds. The maximum atomic E-state index is 12.1. The quantitative estimate of drug-likeness (QED) is 0.839. The van der Waals surface area contributed by atoms with E-state index in [1.807, 2.05) is 29.2 Å². The lowest BCUT2D eigenvalue weighted by Gasteiger charge is -2.33. The molecule has 1 atom stereocenters. The third-order valence-electron chi connectivity index (χ3n) is 3.16. The summed E-state index contributed by atoms with van der Waals surface area (Å²) < 4.78 is 1.02. The Bertz CT molecular complexity index is 391. The van der Waals surface area contributed by atoms with Crippen LogP contribution in [0.25, 0.3) is 0 Å². The fraction of sp³-hybridized carbons (Fsp3) is 0.462. The highest BCUT2D eigenvalue weighted by molar-refractivity contribution is 9.10. The summed E-state index contributed by atoms with van der Waals surface area (Å²) in [5, 5.41) is 2.94. The minimum Gasteiger partial charge on any atom is -0.322 e. The molecule has 1 saturated heterocycles. The number of carbonyl (C=O) groups is 1. The van der Waals surface area contributed by atoms with Gasteiger partial charge in [0.15, 0.2) is 0 Å². The average Bonchev–Trinajstić information content (AvgIpc) is 2.32. The molecule has 92 valence electrons. The van der Waals surface area contributed by atoms with Crippen molar-refractivity contribution in [2.75, 3.05) is 11.9 Å². The van der Waals surface area contributed by atoms with Gasteiger partial charge in [0.2, 0.25) is 0 Å². The number of hydrogen-bond acceptors (Lipinski definition) is 1. The molecule has 2 rings (SSSR count). The number of piperidine rings is 1. The molecule has 17 heavy (non-hydrogen) atoms. The highest BCUT2D eigenvalue weighted by atomic mass is 79.9. The molecule has 3 nitrogen and oxygen atoms in total. The monoisotopic (exact) mass is 296 g/mol. The van der Waals surface area contributed by atoms with Gasteiger partial charge in [-0.2, -0.15) is 0 Å². The van der Waals surface area contributed by atoms with E-state index in [9.17, 15) is 4.79 Å². The molecule has 4 heteroatoms. The molecular formula is C13H17BrN2O. The number of rotatable bonds is 1. The lowest BCUT2D eigenvalue weighted by molar-refractivity contribution is 0.170. The number of anilines is 1. The summed E-state index contributed by atoms with van der Waals surface area (Å²) in [5.74, 6) is 0. The van der Waals surface area contributed by atoms with E-state index in [1.54, 1.807) is 0 Å². The van der Waals surface area contributed by atoms with Crippen LogP contribution in [0.4, 0.5) is 10.5 Å². The summed E-state index contributed by atoms with van der Waals surface area (Å²) in [7, 11) is 0. The van der Waals surface area contributed by atoms with Crippen LogP contribution in [0, 0.1) is 0 Å². The number of likely N-dealkylation sites (tertiary alicyclic amines) is 1. The van der Waals surface area contributed by atoms with Crippen molar-refractivity contribution in [2.24, 2.45) is 0 Å². The van der Waals surface area contributed by atoms with Crippen molar-refractivity contribution in [2.45, 2.75) is 32.2 Å². The number of nitrogens with zero attached hydrogens (tertiary/aromatic N) is 1. The number of nitrogens with one attached hydrogen (secondary N) is 1. The first-order valence-corrected chi connectivity index (χ1v) is 6.79. The Kier molecular flexibility index (Phi) is 4.05. The molecule has 1 aromatic carbocycles. The fourth-order valence-corrected chi connectivity index (χ4v) is 2.39. The van der Waals surface area contributed by atoms with Crippen LogP contribution in [0.3, 0.4) is 0 Å². The Morgan fingerprint density at radius 2 is 2.06 bits per heavy atom. The minimum absolute atomic E-state index is 0.0134. The van der Waals surface area contributed by atoms with Crippen LogP contribution < -0.4 is 5.32 Å². The number of urea groups is 1. The maximum absolute atomic E-state index is 12.1. The molecule has 1 fully saturated rings. The van der Waals surface area contributed by atoms with Crippen LogP contribution in [0.1, 0.15) is 26.2 Å². The highest BCUT2D eigenvalue weighted by Gasteiger charge is 2.22. The highest BCUT2D eigenvalue weighted by Crippen LogP contribution is 2.19. The molecule has 0 spiro atoms. The first kappa shape index (κ1) is 12.4. The summed E-state index contributed by atoms with van der Waals surface area (Å²) in [6.07, 6.45) is 3.44. The van der Waals surface area contributed by atoms with Gasteiger partial charge in [-0.05, 0) is 50.5 Å². The number of carbonyl (C=O) groups excluding carboxylic acids is 1. The Morgan fingerprint density at radius 1 is 1.35 bits per heavy atom. The molecule has 1 aliphatic rings. The largest absolute Gasteiger partial charge is 0.322 e. The predicted molar refractivity (Wildman–Crippen MR) is 73.2 cm³/mol. The predicted octanol–water partition coefficient (Wildman–Crippen LogP) is 3.86. The van der Waals surface area contributed by atoms with E-state index in [0.717, 1.165) is 29.5 Å². The number of halogens is 1. The topological polar surface area (TPSA) is 32.3 Å². The van der Waals surface area contributed by atoms with E-state index in [4.69, 9.17) is 0 Å². The van der Waals surface area contributed by atoms with Gasteiger partial charge in [0, 0.05) is 22.7 Å².